The van der Waals surface area contributed by atoms with Crippen LogP contribution in [0, 0.1) is 0 Å². The summed E-state index contributed by atoms with van der Waals surface area (Å²) in [6.07, 6.45) is 6.25. The summed E-state index contributed by atoms with van der Waals surface area (Å²) >= 11 is 0. The van der Waals surface area contributed by atoms with Crippen molar-refractivity contribution >= 4 is 5.91 Å². The number of nitrogens with two attached hydrogens (primary N) is 1. The summed E-state index contributed by atoms with van der Waals surface area (Å²) in [5.74, 6) is -0.258. The molecule has 0 aliphatic carbocycles. The quantitative estimate of drug-likeness (QED) is 0.590. The van der Waals surface area contributed by atoms with Crippen LogP contribution in [-0.4, -0.2) is 23.9 Å². The van der Waals surface area contributed by atoms with Crippen LogP contribution in [-0.2, 0) is 4.79 Å². The summed E-state index contributed by atoms with van der Waals surface area (Å²) in [6, 6.07) is 0. The maximum Gasteiger partial charge on any atom is 0.236 e. The molecule has 0 aromatic carbocycles. The maximum absolute atomic E-state index is 10.4. The molecule has 2 N–H and O–H groups in total. The first-order valence-corrected chi connectivity index (χ1v) is 3.48. The molecule has 0 saturated heterocycles. The third kappa shape index (κ3) is 2.09. The van der Waals surface area contributed by atoms with Crippen LogP contribution in [0.15, 0.2) is 12.3 Å². The van der Waals surface area contributed by atoms with Crippen molar-refractivity contribution in [2.45, 2.75) is 12.8 Å². The number of carbonyl (C=O) groups is 1. The zero-order chi connectivity index (χ0) is 7.40. The topological polar surface area (TPSA) is 46.3 Å². The highest BCUT2D eigenvalue weighted by Gasteiger charge is 2.04. The number of hydrogen-bond acceptors (Lipinski definition) is 2. The van der Waals surface area contributed by atoms with E-state index in [0.29, 0.717) is 6.54 Å². The Balaban J connectivity index is 2.33. The minimum absolute atomic E-state index is 0.258. The molecule has 0 spiro atoms. The molecule has 1 aliphatic heterocycles. The highest BCUT2D eigenvalue weighted by Crippen LogP contribution is 2.03. The minimum Gasteiger partial charge on any atom is -0.368 e. The molecule has 0 aromatic heterocycles. The number of primary amides is 1. The third-order valence-electron chi connectivity index (χ3n) is 1.49. The van der Waals surface area contributed by atoms with Crippen molar-refractivity contribution in [1.29, 1.82) is 0 Å². The Morgan fingerprint density at radius 2 is 2.50 bits per heavy atom. The minimum atomic E-state index is -0.258. The largest absolute Gasteiger partial charge is 0.368 e. The Labute approximate surface area is 60.5 Å². The van der Waals surface area contributed by atoms with Crippen LogP contribution in [0.2, 0.25) is 0 Å². The van der Waals surface area contributed by atoms with E-state index < -0.39 is 0 Å². The van der Waals surface area contributed by atoms with Gasteiger partial charge in [0.15, 0.2) is 0 Å². The van der Waals surface area contributed by atoms with Crippen molar-refractivity contribution in [2.24, 2.45) is 5.73 Å². The van der Waals surface area contributed by atoms with Crippen molar-refractivity contribution in [1.82, 2.24) is 4.90 Å². The van der Waals surface area contributed by atoms with Gasteiger partial charge in [-0.3, -0.25) is 4.79 Å². The van der Waals surface area contributed by atoms with Crippen LogP contribution >= 0.6 is 0 Å². The van der Waals surface area contributed by atoms with Crippen molar-refractivity contribution in [3.8, 4) is 0 Å². The Kier molecular flexibility index (Phi) is 2.31. The lowest BCUT2D eigenvalue weighted by Gasteiger charge is -2.20. The van der Waals surface area contributed by atoms with E-state index in [9.17, 15) is 4.79 Å². The summed E-state index contributed by atoms with van der Waals surface area (Å²) in [5, 5.41) is 0. The van der Waals surface area contributed by atoms with Crippen LogP contribution in [0.25, 0.3) is 0 Å². The molecule has 56 valence electrons. The highest BCUT2D eigenvalue weighted by atomic mass is 16.1. The molecule has 0 saturated carbocycles. The number of carbonyl (C=O) groups excluding carboxylic acids is 1. The zero-order valence-corrected chi connectivity index (χ0v) is 5.92. The van der Waals surface area contributed by atoms with Gasteiger partial charge < -0.3 is 10.6 Å². The van der Waals surface area contributed by atoms with E-state index in [-0.39, 0.29) is 5.91 Å². The zero-order valence-electron chi connectivity index (χ0n) is 5.92. The van der Waals surface area contributed by atoms with Gasteiger partial charge in [-0.25, -0.2) is 0 Å². The molecule has 0 atom stereocenters. The lowest BCUT2D eigenvalue weighted by atomic mass is 10.2. The normalized spacial score (nSPS) is 17.4. The molecule has 1 aliphatic rings. The van der Waals surface area contributed by atoms with Gasteiger partial charge in [0, 0.05) is 6.54 Å². The van der Waals surface area contributed by atoms with E-state index in [0.717, 1.165) is 19.4 Å². The average molecular weight is 140 g/mol. The van der Waals surface area contributed by atoms with E-state index in [1.165, 1.54) is 0 Å². The van der Waals surface area contributed by atoms with Crippen molar-refractivity contribution in [2.75, 3.05) is 13.1 Å². The maximum atomic E-state index is 10.4. The Morgan fingerprint density at radius 1 is 1.70 bits per heavy atom. The lowest BCUT2D eigenvalue weighted by Crippen LogP contribution is -2.31. The van der Waals surface area contributed by atoms with E-state index in [4.69, 9.17) is 5.73 Å². The first-order valence-electron chi connectivity index (χ1n) is 3.48. The van der Waals surface area contributed by atoms with Gasteiger partial charge in [-0.15, -0.1) is 0 Å². The van der Waals surface area contributed by atoms with Gasteiger partial charge in [0.05, 0.1) is 6.54 Å². The molecule has 0 fully saturated rings. The summed E-state index contributed by atoms with van der Waals surface area (Å²) in [4.78, 5) is 12.4. The fourth-order valence-electron chi connectivity index (χ4n) is 1.04. The number of rotatable bonds is 2. The molecule has 10 heavy (non-hydrogen) atoms. The standard InChI is InChI=1S/C7H12N2O/c8-7(10)6-9-4-2-1-3-5-9/h2,4H,1,3,5-6H2,(H2,8,10). The van der Waals surface area contributed by atoms with Gasteiger partial charge in [0.1, 0.15) is 0 Å². The summed E-state index contributed by atoms with van der Waals surface area (Å²) in [5.41, 5.74) is 5.01. The predicted molar refractivity (Wildman–Crippen MR) is 39.1 cm³/mol. The van der Waals surface area contributed by atoms with Gasteiger partial charge in [-0.2, -0.15) is 0 Å². The molecule has 0 aromatic rings. The number of amides is 1. The average Bonchev–Trinajstić information content (AvgIpc) is 1.88. The molecule has 3 nitrogen and oxygen atoms in total. The van der Waals surface area contributed by atoms with Crippen LogP contribution in [0.5, 0.6) is 0 Å². The van der Waals surface area contributed by atoms with E-state index in [1.54, 1.807) is 0 Å². The van der Waals surface area contributed by atoms with Crippen LogP contribution in [0.3, 0.4) is 0 Å². The molecule has 1 rings (SSSR count). The number of nitrogens with zero attached hydrogens (tertiary/aromatic N) is 1. The second kappa shape index (κ2) is 3.25. The summed E-state index contributed by atoms with van der Waals surface area (Å²) in [6.45, 7) is 1.32. The molecule has 1 amide bonds. The Hall–Kier alpha value is -0.990. The van der Waals surface area contributed by atoms with Gasteiger partial charge in [0.2, 0.25) is 5.91 Å². The smallest absolute Gasteiger partial charge is 0.236 e. The van der Waals surface area contributed by atoms with Crippen molar-refractivity contribution in [3.05, 3.63) is 12.3 Å². The second-order valence-electron chi connectivity index (χ2n) is 2.46. The second-order valence-corrected chi connectivity index (χ2v) is 2.46. The molecule has 1 heterocycles. The summed E-state index contributed by atoms with van der Waals surface area (Å²) < 4.78 is 0. The fraction of sp³-hybridized carbons (Fsp3) is 0.571. The van der Waals surface area contributed by atoms with Crippen LogP contribution in [0.1, 0.15) is 12.8 Å². The van der Waals surface area contributed by atoms with Gasteiger partial charge >= 0.3 is 0 Å². The van der Waals surface area contributed by atoms with E-state index >= 15 is 0 Å². The van der Waals surface area contributed by atoms with Gasteiger partial charge in [0.25, 0.3) is 0 Å². The molecule has 0 unspecified atom stereocenters. The Bertz CT molecular complexity index is 154. The number of allylic oxidation sites excluding steroid dienone is 1. The SMILES string of the molecule is NC(=O)CN1C=CCCC1. The first kappa shape index (κ1) is 7.12. The van der Waals surface area contributed by atoms with Gasteiger partial charge in [-0.1, -0.05) is 6.08 Å². The van der Waals surface area contributed by atoms with Gasteiger partial charge in [-0.05, 0) is 19.0 Å². The van der Waals surface area contributed by atoms with Crippen molar-refractivity contribution in [3.63, 3.8) is 0 Å². The molecule has 0 radical (unpaired) electrons. The summed E-state index contributed by atoms with van der Waals surface area (Å²) in [7, 11) is 0. The first-order chi connectivity index (χ1) is 4.79. The number of hydrogen-bond donors (Lipinski definition) is 1. The molecular weight excluding hydrogens is 128 g/mol. The molecule has 3 heteroatoms. The van der Waals surface area contributed by atoms with Crippen molar-refractivity contribution < 1.29 is 4.79 Å². The van der Waals surface area contributed by atoms with E-state index in [1.807, 2.05) is 11.1 Å². The molecular formula is C7H12N2O. The van der Waals surface area contributed by atoms with E-state index in [2.05, 4.69) is 6.08 Å². The Morgan fingerprint density at radius 3 is 3.00 bits per heavy atom. The van der Waals surface area contributed by atoms with Crippen LogP contribution in [0.4, 0.5) is 0 Å². The predicted octanol–water partition coefficient (Wildman–Crippen LogP) is 0.0812. The monoisotopic (exact) mass is 140 g/mol. The lowest BCUT2D eigenvalue weighted by molar-refractivity contribution is -0.118. The highest BCUT2D eigenvalue weighted by molar-refractivity contribution is 5.76. The van der Waals surface area contributed by atoms with Crippen LogP contribution < -0.4 is 5.73 Å². The fourth-order valence-corrected chi connectivity index (χ4v) is 1.04. The third-order valence-corrected chi connectivity index (χ3v) is 1.49. The molecule has 0 bridgehead atoms.